The van der Waals surface area contributed by atoms with E-state index in [2.05, 4.69) is 10.6 Å². The minimum Gasteiger partial charge on any atom is -0.497 e. The van der Waals surface area contributed by atoms with Crippen molar-refractivity contribution in [2.75, 3.05) is 17.7 Å². The molecule has 0 radical (unpaired) electrons. The number of furan rings is 1. The van der Waals surface area contributed by atoms with E-state index < -0.39 is 6.03 Å². The number of carbonyl (C=O) groups excluding carboxylic acids is 2. The Morgan fingerprint density at radius 2 is 1.80 bits per heavy atom. The van der Waals surface area contributed by atoms with Gasteiger partial charge in [-0.2, -0.15) is 0 Å². The normalized spacial score (nSPS) is 10.5. The fraction of sp³-hybridized carbons (Fsp3) is 0.111. The largest absolute Gasteiger partial charge is 0.497 e. The number of nitrogens with two attached hydrogens (primary N) is 1. The van der Waals surface area contributed by atoms with E-state index in [1.54, 1.807) is 43.5 Å². The average molecular weight is 339 g/mol. The molecule has 0 unspecified atom stereocenters. The number of urea groups is 1. The number of nitrogens with one attached hydrogen (secondary N) is 2. The molecule has 0 spiro atoms. The van der Waals surface area contributed by atoms with Crippen LogP contribution in [0.3, 0.4) is 0 Å². The Morgan fingerprint density at radius 1 is 1.08 bits per heavy atom. The van der Waals surface area contributed by atoms with Crippen LogP contribution >= 0.6 is 0 Å². The summed E-state index contributed by atoms with van der Waals surface area (Å²) in [6.45, 7) is 1.81. The van der Waals surface area contributed by atoms with Crippen LogP contribution in [0.1, 0.15) is 16.1 Å². The van der Waals surface area contributed by atoms with Gasteiger partial charge >= 0.3 is 6.03 Å². The van der Waals surface area contributed by atoms with E-state index >= 15 is 0 Å². The van der Waals surface area contributed by atoms with Gasteiger partial charge in [0.15, 0.2) is 5.76 Å². The molecule has 2 aromatic carbocycles. The van der Waals surface area contributed by atoms with Crippen molar-refractivity contribution in [1.29, 1.82) is 0 Å². The maximum Gasteiger partial charge on any atom is 0.316 e. The van der Waals surface area contributed by atoms with E-state index in [0.29, 0.717) is 22.7 Å². The number of carbonyl (C=O) groups is 2. The van der Waals surface area contributed by atoms with Crippen LogP contribution in [-0.4, -0.2) is 19.0 Å². The van der Waals surface area contributed by atoms with Crippen molar-refractivity contribution in [3.63, 3.8) is 0 Å². The van der Waals surface area contributed by atoms with E-state index in [4.69, 9.17) is 14.9 Å². The Hall–Kier alpha value is -3.48. The molecule has 25 heavy (non-hydrogen) atoms. The Bertz CT molecular complexity index is 962. The second-order valence-electron chi connectivity index (χ2n) is 5.44. The minimum atomic E-state index is -0.675. The van der Waals surface area contributed by atoms with E-state index in [9.17, 15) is 9.59 Å². The molecule has 1 heterocycles. The Balaban J connectivity index is 1.87. The van der Waals surface area contributed by atoms with E-state index in [1.807, 2.05) is 13.0 Å². The van der Waals surface area contributed by atoms with Crippen molar-refractivity contribution >= 4 is 34.3 Å². The Morgan fingerprint density at radius 3 is 2.48 bits per heavy atom. The van der Waals surface area contributed by atoms with Gasteiger partial charge in [-0.3, -0.25) is 4.79 Å². The van der Waals surface area contributed by atoms with Crippen LogP contribution < -0.4 is 21.1 Å². The first-order chi connectivity index (χ1) is 12.0. The third-order valence-electron chi connectivity index (χ3n) is 3.74. The van der Waals surface area contributed by atoms with Crippen LogP contribution in [0.4, 0.5) is 16.2 Å². The van der Waals surface area contributed by atoms with Crippen molar-refractivity contribution in [3.8, 4) is 5.75 Å². The summed E-state index contributed by atoms with van der Waals surface area (Å²) in [5.41, 5.74) is 7.41. The highest BCUT2D eigenvalue weighted by Crippen LogP contribution is 2.29. The number of ether oxygens (including phenoxy) is 1. The van der Waals surface area contributed by atoms with Gasteiger partial charge in [0, 0.05) is 22.3 Å². The van der Waals surface area contributed by atoms with Crippen molar-refractivity contribution in [2.24, 2.45) is 5.73 Å². The molecule has 3 rings (SSSR count). The number of hydrogen-bond donors (Lipinski definition) is 3. The first kappa shape index (κ1) is 16.4. The smallest absolute Gasteiger partial charge is 0.316 e. The molecule has 0 fully saturated rings. The second kappa shape index (κ2) is 6.56. The van der Waals surface area contributed by atoms with Crippen LogP contribution in [0.25, 0.3) is 11.0 Å². The highest BCUT2D eigenvalue weighted by Gasteiger charge is 2.18. The number of amides is 3. The molecule has 3 aromatic rings. The number of benzene rings is 2. The molecule has 128 valence electrons. The van der Waals surface area contributed by atoms with Gasteiger partial charge in [-0.15, -0.1) is 0 Å². The molecule has 0 bridgehead atoms. The third kappa shape index (κ3) is 3.40. The zero-order valence-electron chi connectivity index (χ0n) is 13.8. The topological polar surface area (TPSA) is 107 Å². The maximum atomic E-state index is 12.5. The SMILES string of the molecule is COc1ccc2oc(C(=O)Nc3cccc(NC(N)=O)c3)c(C)c2c1. The number of aryl methyl sites for hydroxylation is 1. The monoisotopic (exact) mass is 339 g/mol. The Labute approximate surface area is 143 Å². The van der Waals surface area contributed by atoms with Gasteiger partial charge in [-0.1, -0.05) is 6.07 Å². The lowest BCUT2D eigenvalue weighted by atomic mass is 10.1. The summed E-state index contributed by atoms with van der Waals surface area (Å²) in [6, 6.07) is 11.3. The number of fused-ring (bicyclic) bond motifs is 1. The summed E-state index contributed by atoms with van der Waals surface area (Å²) in [4.78, 5) is 23.5. The molecular weight excluding hydrogens is 322 g/mol. The number of methoxy groups -OCH3 is 1. The van der Waals surface area contributed by atoms with Gasteiger partial charge in [0.1, 0.15) is 11.3 Å². The van der Waals surface area contributed by atoms with Crippen LogP contribution in [0.15, 0.2) is 46.9 Å². The fourth-order valence-corrected chi connectivity index (χ4v) is 2.55. The van der Waals surface area contributed by atoms with Gasteiger partial charge in [0.25, 0.3) is 5.91 Å². The number of hydrogen-bond acceptors (Lipinski definition) is 4. The molecular formula is C18H17N3O4. The van der Waals surface area contributed by atoms with Crippen LogP contribution in [-0.2, 0) is 0 Å². The lowest BCUT2D eigenvalue weighted by Gasteiger charge is -2.07. The second-order valence-corrected chi connectivity index (χ2v) is 5.44. The summed E-state index contributed by atoms with van der Waals surface area (Å²) >= 11 is 0. The van der Waals surface area contributed by atoms with Crippen molar-refractivity contribution in [2.45, 2.75) is 6.92 Å². The molecule has 7 heteroatoms. The zero-order valence-corrected chi connectivity index (χ0v) is 13.8. The van der Waals surface area contributed by atoms with E-state index in [1.165, 1.54) is 0 Å². The van der Waals surface area contributed by atoms with Crippen LogP contribution in [0, 0.1) is 6.92 Å². The van der Waals surface area contributed by atoms with Gasteiger partial charge in [-0.05, 0) is 43.3 Å². The van der Waals surface area contributed by atoms with Crippen LogP contribution in [0.5, 0.6) is 5.75 Å². The van der Waals surface area contributed by atoms with Crippen molar-refractivity contribution < 1.29 is 18.7 Å². The highest BCUT2D eigenvalue weighted by molar-refractivity contribution is 6.06. The number of anilines is 2. The number of rotatable bonds is 4. The summed E-state index contributed by atoms with van der Waals surface area (Å²) in [5.74, 6) is 0.522. The predicted octanol–water partition coefficient (Wildman–Crippen LogP) is 3.49. The molecule has 0 saturated carbocycles. The van der Waals surface area contributed by atoms with E-state index in [-0.39, 0.29) is 11.7 Å². The zero-order chi connectivity index (χ0) is 18.0. The van der Waals surface area contributed by atoms with Crippen molar-refractivity contribution in [1.82, 2.24) is 0 Å². The molecule has 1 aromatic heterocycles. The number of primary amides is 1. The quantitative estimate of drug-likeness (QED) is 0.676. The maximum absolute atomic E-state index is 12.5. The van der Waals surface area contributed by atoms with Crippen LogP contribution in [0.2, 0.25) is 0 Å². The van der Waals surface area contributed by atoms with Gasteiger partial charge in [0.2, 0.25) is 0 Å². The van der Waals surface area contributed by atoms with Gasteiger partial charge in [0.05, 0.1) is 7.11 Å². The van der Waals surface area contributed by atoms with Crippen molar-refractivity contribution in [3.05, 3.63) is 53.8 Å². The lowest BCUT2D eigenvalue weighted by molar-refractivity contribution is 0.0998. The minimum absolute atomic E-state index is 0.219. The average Bonchev–Trinajstić information content (AvgIpc) is 2.91. The first-order valence-electron chi connectivity index (χ1n) is 7.53. The molecule has 4 N–H and O–H groups in total. The molecule has 3 amide bonds. The third-order valence-corrected chi connectivity index (χ3v) is 3.74. The predicted molar refractivity (Wildman–Crippen MR) is 95.1 cm³/mol. The highest BCUT2D eigenvalue weighted by atomic mass is 16.5. The van der Waals surface area contributed by atoms with Gasteiger partial charge in [-0.25, -0.2) is 4.79 Å². The van der Waals surface area contributed by atoms with E-state index in [0.717, 1.165) is 10.9 Å². The summed E-state index contributed by atoms with van der Waals surface area (Å²) in [6.07, 6.45) is 0. The molecule has 0 atom stereocenters. The standard InChI is InChI=1S/C18H17N3O4/c1-10-14-9-13(24-2)6-7-15(14)25-16(10)17(22)20-11-4-3-5-12(8-11)21-18(19)23/h3-9H,1-2H3,(H,20,22)(H3,19,21,23). The summed E-state index contributed by atoms with van der Waals surface area (Å²) < 4.78 is 10.9. The molecule has 0 aliphatic rings. The van der Waals surface area contributed by atoms with Gasteiger partial charge < -0.3 is 25.5 Å². The summed E-state index contributed by atoms with van der Waals surface area (Å²) in [5, 5.41) is 6.01. The molecule has 7 nitrogen and oxygen atoms in total. The molecule has 0 saturated heterocycles. The fourth-order valence-electron chi connectivity index (χ4n) is 2.55. The summed E-state index contributed by atoms with van der Waals surface area (Å²) in [7, 11) is 1.58. The molecule has 0 aliphatic carbocycles. The lowest BCUT2D eigenvalue weighted by Crippen LogP contribution is -2.19. The first-order valence-corrected chi connectivity index (χ1v) is 7.53. The Kier molecular flexibility index (Phi) is 4.30. The molecule has 0 aliphatic heterocycles.